The number of hydroxylamine groups is 1. The lowest BCUT2D eigenvalue weighted by Gasteiger charge is -2.20. The van der Waals surface area contributed by atoms with E-state index < -0.39 is 5.97 Å². The van der Waals surface area contributed by atoms with Crippen LogP contribution in [0, 0.1) is 13.8 Å². The normalized spacial score (nSPS) is 16.1. The van der Waals surface area contributed by atoms with Gasteiger partial charge in [0.2, 0.25) is 0 Å². The summed E-state index contributed by atoms with van der Waals surface area (Å²) >= 11 is 1.64. The second kappa shape index (κ2) is 9.32. The van der Waals surface area contributed by atoms with Crippen molar-refractivity contribution in [1.29, 1.82) is 0 Å². The maximum atomic E-state index is 11.3. The van der Waals surface area contributed by atoms with Crippen LogP contribution in [0.3, 0.4) is 0 Å². The number of benzene rings is 2. The van der Waals surface area contributed by atoms with Crippen LogP contribution in [0.1, 0.15) is 34.0 Å². The van der Waals surface area contributed by atoms with Crippen molar-refractivity contribution in [2.45, 2.75) is 38.8 Å². The Bertz CT molecular complexity index is 1070. The Kier molecular flexibility index (Phi) is 6.34. The number of hydrogen-bond donors (Lipinski definition) is 2. The topological polar surface area (TPSA) is 80.7 Å². The Morgan fingerprint density at radius 2 is 1.94 bits per heavy atom. The number of carboxylic acids is 1. The first kappa shape index (κ1) is 21.1. The first-order chi connectivity index (χ1) is 15.0. The third kappa shape index (κ3) is 5.13. The first-order valence-electron chi connectivity index (χ1n) is 10.1. The van der Waals surface area contributed by atoms with Crippen molar-refractivity contribution in [2.24, 2.45) is 0 Å². The van der Waals surface area contributed by atoms with Gasteiger partial charge in [-0.25, -0.2) is 4.98 Å². The summed E-state index contributed by atoms with van der Waals surface area (Å²) in [7, 11) is 0. The van der Waals surface area contributed by atoms with Crippen LogP contribution in [0.5, 0.6) is 5.75 Å². The third-order valence-electron chi connectivity index (χ3n) is 5.26. The van der Waals surface area contributed by atoms with Gasteiger partial charge in [0.15, 0.2) is 0 Å². The highest BCUT2D eigenvalue weighted by molar-refractivity contribution is 7.15. The number of nitrogens with one attached hydrogen (secondary N) is 1. The molecule has 2 aromatic carbocycles. The van der Waals surface area contributed by atoms with Crippen molar-refractivity contribution in [2.75, 3.05) is 0 Å². The lowest BCUT2D eigenvalue weighted by molar-refractivity contribution is -0.137. The molecule has 4 rings (SSSR count). The molecule has 0 amide bonds. The Balaban J connectivity index is 1.43. The quantitative estimate of drug-likeness (QED) is 0.518. The number of nitrogens with zero attached hydrogens (tertiary/aromatic N) is 1. The summed E-state index contributed by atoms with van der Waals surface area (Å²) in [5.41, 5.74) is 7.05. The van der Waals surface area contributed by atoms with Crippen molar-refractivity contribution >= 4 is 17.3 Å². The molecular weight excluding hydrogens is 412 g/mol. The third-order valence-corrected chi connectivity index (χ3v) is 6.44. The fourth-order valence-electron chi connectivity index (χ4n) is 3.48. The van der Waals surface area contributed by atoms with Crippen LogP contribution in [0.25, 0.3) is 10.6 Å². The van der Waals surface area contributed by atoms with Crippen molar-refractivity contribution in [3.05, 3.63) is 82.6 Å². The number of hydrogen-bond acceptors (Lipinski definition) is 6. The van der Waals surface area contributed by atoms with Crippen LogP contribution < -0.4 is 10.2 Å². The molecule has 31 heavy (non-hydrogen) atoms. The predicted octanol–water partition coefficient (Wildman–Crippen LogP) is 4.98. The highest BCUT2D eigenvalue weighted by Crippen LogP contribution is 2.30. The monoisotopic (exact) mass is 436 g/mol. The molecule has 0 bridgehead atoms. The number of ether oxygens (including phenoxy) is 1. The number of aryl methyl sites for hydroxylation is 2. The fraction of sp³-hybridized carbons (Fsp3) is 0.250. The van der Waals surface area contributed by atoms with E-state index in [4.69, 9.17) is 9.57 Å². The number of aromatic nitrogens is 1. The molecule has 3 aromatic rings. The smallest absolute Gasteiger partial charge is 0.304 e. The molecule has 0 radical (unpaired) electrons. The van der Waals surface area contributed by atoms with Gasteiger partial charge in [-0.15, -0.1) is 16.8 Å². The zero-order valence-corrected chi connectivity index (χ0v) is 18.2. The average molecular weight is 437 g/mol. The minimum absolute atomic E-state index is 0.00736. The largest absolute Gasteiger partial charge is 0.488 e. The zero-order chi connectivity index (χ0) is 21.8. The summed E-state index contributed by atoms with van der Waals surface area (Å²) in [6.45, 7) is 4.50. The summed E-state index contributed by atoms with van der Waals surface area (Å²) in [5.74, 6) is -0.350. The van der Waals surface area contributed by atoms with E-state index in [1.165, 1.54) is 5.56 Å². The predicted molar refractivity (Wildman–Crippen MR) is 120 cm³/mol. The molecule has 0 aliphatic carbocycles. The van der Waals surface area contributed by atoms with E-state index >= 15 is 0 Å². The number of carbonyl (C=O) groups is 1. The molecular formula is C24H24N2O4S. The van der Waals surface area contributed by atoms with Crippen LogP contribution in [-0.4, -0.2) is 22.1 Å². The Hall–Kier alpha value is -3.16. The number of rotatable bonds is 8. The Labute approximate surface area is 185 Å². The minimum Gasteiger partial charge on any atom is -0.488 e. The van der Waals surface area contributed by atoms with Crippen LogP contribution in [0.15, 0.2) is 60.9 Å². The minimum atomic E-state index is -0.850. The number of aliphatic carboxylic acids is 1. The Morgan fingerprint density at radius 3 is 2.58 bits per heavy atom. The van der Waals surface area contributed by atoms with Gasteiger partial charge in [0, 0.05) is 11.5 Å². The van der Waals surface area contributed by atoms with Gasteiger partial charge in [0.05, 0.1) is 23.0 Å². The van der Waals surface area contributed by atoms with E-state index in [1.807, 2.05) is 37.3 Å². The first-order valence-corrected chi connectivity index (χ1v) is 10.9. The highest BCUT2D eigenvalue weighted by Gasteiger charge is 2.26. The van der Waals surface area contributed by atoms with Gasteiger partial charge in [-0.2, -0.15) is 0 Å². The fourth-order valence-corrected chi connectivity index (χ4v) is 4.46. The van der Waals surface area contributed by atoms with Crippen molar-refractivity contribution in [3.63, 3.8) is 0 Å². The number of carboxylic acid groups (broad SMARTS) is 1. The molecule has 1 aromatic heterocycles. The van der Waals surface area contributed by atoms with Crippen LogP contribution in [-0.2, 0) is 16.2 Å². The lowest BCUT2D eigenvalue weighted by atomic mass is 9.89. The van der Waals surface area contributed by atoms with Gasteiger partial charge in [0.25, 0.3) is 0 Å². The van der Waals surface area contributed by atoms with E-state index in [1.54, 1.807) is 17.6 Å². The summed E-state index contributed by atoms with van der Waals surface area (Å²) in [6, 6.07) is 15.7. The molecule has 7 heteroatoms. The highest BCUT2D eigenvalue weighted by atomic mass is 32.1. The summed E-state index contributed by atoms with van der Waals surface area (Å²) < 4.78 is 5.98. The SMILES string of the molecule is Cc1ccc(-c2nc(C)c(COc3ccc(C(CC(=O)O)[C@H]4C=CON4)cc3)s2)cc1. The van der Waals surface area contributed by atoms with Crippen molar-refractivity contribution in [1.82, 2.24) is 10.5 Å². The van der Waals surface area contributed by atoms with Gasteiger partial charge in [0.1, 0.15) is 23.6 Å². The van der Waals surface area contributed by atoms with Gasteiger partial charge in [-0.05, 0) is 37.6 Å². The molecule has 0 fully saturated rings. The zero-order valence-electron chi connectivity index (χ0n) is 17.4. The molecule has 160 valence electrons. The van der Waals surface area contributed by atoms with Crippen molar-refractivity contribution < 1.29 is 19.5 Å². The Morgan fingerprint density at radius 1 is 1.19 bits per heavy atom. The molecule has 2 N–H and O–H groups in total. The van der Waals surface area contributed by atoms with Crippen LogP contribution in [0.2, 0.25) is 0 Å². The van der Waals surface area contributed by atoms with Gasteiger partial charge in [-0.3, -0.25) is 4.79 Å². The molecule has 2 atom stereocenters. The molecule has 6 nitrogen and oxygen atoms in total. The average Bonchev–Trinajstić information content (AvgIpc) is 3.41. The standard InChI is InChI=1S/C24H24N2O4S/c1-15-3-5-18(6-4-15)24-25-16(2)22(31-24)14-29-19-9-7-17(8-10-19)20(13-23(27)28)21-11-12-30-26-21/h3-12,20-21,26H,13-14H2,1-2H3,(H,27,28)/t20?,21-/m1/s1. The summed E-state index contributed by atoms with van der Waals surface area (Å²) in [4.78, 5) is 22.1. The van der Waals surface area contributed by atoms with E-state index in [0.717, 1.165) is 32.5 Å². The van der Waals surface area contributed by atoms with E-state index in [2.05, 4.69) is 41.7 Å². The van der Waals surface area contributed by atoms with E-state index in [0.29, 0.717) is 6.61 Å². The van der Waals surface area contributed by atoms with E-state index in [9.17, 15) is 9.90 Å². The molecule has 0 saturated heterocycles. The maximum absolute atomic E-state index is 11.3. The summed E-state index contributed by atoms with van der Waals surface area (Å²) in [6.07, 6.45) is 3.38. The summed E-state index contributed by atoms with van der Waals surface area (Å²) in [5, 5.41) is 10.3. The molecule has 0 saturated carbocycles. The van der Waals surface area contributed by atoms with Crippen molar-refractivity contribution in [3.8, 4) is 16.3 Å². The van der Waals surface area contributed by atoms with Crippen LogP contribution >= 0.6 is 11.3 Å². The van der Waals surface area contributed by atoms with Crippen LogP contribution in [0.4, 0.5) is 0 Å². The lowest BCUT2D eigenvalue weighted by Crippen LogP contribution is -2.29. The molecule has 1 aliphatic heterocycles. The second-order valence-electron chi connectivity index (χ2n) is 7.55. The molecule has 1 aliphatic rings. The van der Waals surface area contributed by atoms with E-state index in [-0.39, 0.29) is 18.4 Å². The van der Waals surface area contributed by atoms with Gasteiger partial charge in [-0.1, -0.05) is 42.0 Å². The maximum Gasteiger partial charge on any atom is 0.304 e. The molecule has 2 heterocycles. The van der Waals surface area contributed by atoms with Gasteiger partial charge >= 0.3 is 5.97 Å². The second-order valence-corrected chi connectivity index (χ2v) is 8.63. The molecule has 1 unspecified atom stereocenters. The number of thiazole rings is 1. The molecule has 0 spiro atoms. The van der Waals surface area contributed by atoms with Gasteiger partial charge < -0.3 is 14.7 Å².